The molecule has 0 aliphatic rings. The van der Waals surface area contributed by atoms with Crippen LogP contribution in [0.4, 0.5) is 8.78 Å². The second-order valence-corrected chi connectivity index (χ2v) is 6.08. The lowest BCUT2D eigenvalue weighted by atomic mass is 10.3. The van der Waals surface area contributed by atoms with Gasteiger partial charge in [-0.05, 0) is 47.5 Å². The van der Waals surface area contributed by atoms with Crippen LogP contribution >= 0.6 is 24.4 Å². The van der Waals surface area contributed by atoms with E-state index in [1.54, 1.807) is 6.07 Å². The monoisotopic (exact) mass is 317 g/mol. The number of rotatable bonds is 3. The molecule has 7 heteroatoms. The highest BCUT2D eigenvalue weighted by Crippen LogP contribution is 2.31. The average molecular weight is 317 g/mol. The Kier molecular flexibility index (Phi) is 4.62. The molecule has 0 saturated heterocycles. The van der Waals surface area contributed by atoms with Crippen molar-refractivity contribution in [3.63, 3.8) is 0 Å². The summed E-state index contributed by atoms with van der Waals surface area (Å²) in [6.07, 6.45) is 0. The minimum Gasteiger partial charge on any atom is -0.768 e. The fraction of sp³-hybridized carbons (Fsp3) is 0. The molecule has 100 valence electrons. The first-order valence-electron chi connectivity index (χ1n) is 5.02. The van der Waals surface area contributed by atoms with Gasteiger partial charge in [0.15, 0.2) is 0 Å². The zero-order valence-electron chi connectivity index (χ0n) is 9.30. The molecule has 1 unspecified atom stereocenters. The van der Waals surface area contributed by atoms with Crippen LogP contribution in [0.5, 0.6) is 0 Å². The number of thiol groups is 1. The van der Waals surface area contributed by atoms with Crippen LogP contribution in [0.15, 0.2) is 56.0 Å². The number of halogens is 2. The molecule has 0 aliphatic carbocycles. The average Bonchev–Trinajstić information content (AvgIpc) is 2.33. The lowest BCUT2D eigenvalue weighted by molar-refractivity contribution is 0.522. The third-order valence-electron chi connectivity index (χ3n) is 2.24. The minimum atomic E-state index is -2.61. The molecule has 0 aromatic heterocycles. The predicted octanol–water partition coefficient (Wildman–Crippen LogP) is 3.64. The summed E-state index contributed by atoms with van der Waals surface area (Å²) in [6, 6.07) is 8.16. The molecule has 0 aliphatic heterocycles. The fourth-order valence-electron chi connectivity index (χ4n) is 1.37. The quantitative estimate of drug-likeness (QED) is 0.694. The largest absolute Gasteiger partial charge is 0.768 e. The van der Waals surface area contributed by atoms with Crippen LogP contribution in [0.1, 0.15) is 0 Å². The van der Waals surface area contributed by atoms with Crippen molar-refractivity contribution >= 4 is 35.5 Å². The maximum atomic E-state index is 13.5. The summed E-state index contributed by atoms with van der Waals surface area (Å²) in [4.78, 5) is 0.901. The highest BCUT2D eigenvalue weighted by atomic mass is 32.2. The first kappa shape index (κ1) is 14.5. The summed E-state index contributed by atoms with van der Waals surface area (Å²) in [5, 5.41) is 0. The van der Waals surface area contributed by atoms with Crippen molar-refractivity contribution in [3.05, 3.63) is 48.0 Å². The van der Waals surface area contributed by atoms with Crippen LogP contribution < -0.4 is 0 Å². The van der Waals surface area contributed by atoms with Gasteiger partial charge in [-0.2, -0.15) is 0 Å². The summed E-state index contributed by atoms with van der Waals surface area (Å²) in [7, 11) is 0. The molecule has 0 amide bonds. The molecular formula is C12H7F2O2S3-. The van der Waals surface area contributed by atoms with Gasteiger partial charge in [0.25, 0.3) is 0 Å². The molecule has 19 heavy (non-hydrogen) atoms. The van der Waals surface area contributed by atoms with E-state index in [1.165, 1.54) is 24.3 Å². The molecule has 0 N–H and O–H groups in total. The Balaban J connectivity index is 2.26. The van der Waals surface area contributed by atoms with Gasteiger partial charge < -0.3 is 4.55 Å². The molecule has 0 heterocycles. The number of benzene rings is 2. The van der Waals surface area contributed by atoms with E-state index >= 15 is 0 Å². The Labute approximate surface area is 120 Å². The molecule has 0 fully saturated rings. The normalized spacial score (nSPS) is 12.4. The first-order chi connectivity index (χ1) is 8.97. The van der Waals surface area contributed by atoms with Crippen LogP contribution in [0, 0.1) is 11.6 Å². The highest BCUT2D eigenvalue weighted by Gasteiger charge is 2.06. The Morgan fingerprint density at radius 3 is 2.16 bits per heavy atom. The maximum Gasteiger partial charge on any atom is 0.139 e. The number of hydrogen-bond donors (Lipinski definition) is 1. The molecule has 1 atom stereocenters. The lowest BCUT2D eigenvalue weighted by Gasteiger charge is -2.08. The van der Waals surface area contributed by atoms with Gasteiger partial charge in [0, 0.05) is 14.7 Å². The summed E-state index contributed by atoms with van der Waals surface area (Å²) < 4.78 is 48.1. The zero-order valence-corrected chi connectivity index (χ0v) is 11.8. The zero-order chi connectivity index (χ0) is 14.0. The Bertz CT molecular complexity index is 647. The van der Waals surface area contributed by atoms with Crippen LogP contribution in [0.25, 0.3) is 0 Å². The molecular weight excluding hydrogens is 310 g/mol. The summed E-state index contributed by atoms with van der Waals surface area (Å²) in [6.45, 7) is 0. The van der Waals surface area contributed by atoms with Crippen LogP contribution in [-0.4, -0.2) is 8.76 Å². The minimum absolute atomic E-state index is 0.229. The second-order valence-electron chi connectivity index (χ2n) is 3.54. The molecule has 0 radical (unpaired) electrons. The van der Waals surface area contributed by atoms with Gasteiger partial charge in [-0.25, -0.2) is 8.78 Å². The van der Waals surface area contributed by atoms with Crippen molar-refractivity contribution in [1.29, 1.82) is 0 Å². The van der Waals surface area contributed by atoms with Crippen molar-refractivity contribution in [1.82, 2.24) is 0 Å². The van der Waals surface area contributed by atoms with E-state index in [0.29, 0.717) is 9.79 Å². The van der Waals surface area contributed by atoms with Crippen molar-refractivity contribution in [2.24, 2.45) is 0 Å². The van der Waals surface area contributed by atoms with Crippen molar-refractivity contribution in [3.8, 4) is 0 Å². The van der Waals surface area contributed by atoms with Crippen molar-refractivity contribution in [2.45, 2.75) is 19.6 Å². The Morgan fingerprint density at radius 2 is 1.63 bits per heavy atom. The summed E-state index contributed by atoms with van der Waals surface area (Å²) >= 11 is 2.43. The van der Waals surface area contributed by atoms with Gasteiger partial charge in [-0.15, -0.1) is 12.6 Å². The van der Waals surface area contributed by atoms with Gasteiger partial charge >= 0.3 is 0 Å². The molecule has 0 saturated carbocycles. The molecule has 0 spiro atoms. The third-order valence-corrected chi connectivity index (χ3v) is 4.27. The molecule has 2 rings (SSSR count). The second kappa shape index (κ2) is 6.04. The lowest BCUT2D eigenvalue weighted by Crippen LogP contribution is -1.93. The molecule has 0 bridgehead atoms. The van der Waals surface area contributed by atoms with Gasteiger partial charge in [0.05, 0.1) is 4.90 Å². The van der Waals surface area contributed by atoms with E-state index in [0.717, 1.165) is 17.8 Å². The van der Waals surface area contributed by atoms with E-state index < -0.39 is 22.7 Å². The van der Waals surface area contributed by atoms with Gasteiger partial charge in [0.2, 0.25) is 0 Å². The van der Waals surface area contributed by atoms with Crippen molar-refractivity contribution < 1.29 is 17.5 Å². The Hall–Kier alpha value is -0.890. The van der Waals surface area contributed by atoms with E-state index in [-0.39, 0.29) is 9.79 Å². The fourth-order valence-corrected chi connectivity index (χ4v) is 2.77. The van der Waals surface area contributed by atoms with Crippen molar-refractivity contribution in [2.75, 3.05) is 0 Å². The summed E-state index contributed by atoms with van der Waals surface area (Å²) in [5.41, 5.74) is 0. The molecule has 2 aromatic carbocycles. The smallest absolute Gasteiger partial charge is 0.139 e. The van der Waals surface area contributed by atoms with E-state index in [9.17, 15) is 17.5 Å². The topological polar surface area (TPSA) is 40.1 Å². The highest BCUT2D eigenvalue weighted by molar-refractivity contribution is 7.99. The Morgan fingerprint density at radius 1 is 1.05 bits per heavy atom. The van der Waals surface area contributed by atoms with Crippen LogP contribution in [-0.2, 0) is 11.1 Å². The number of hydrogen-bond acceptors (Lipinski definition) is 4. The van der Waals surface area contributed by atoms with E-state index in [4.69, 9.17) is 0 Å². The first-order valence-corrected chi connectivity index (χ1v) is 7.36. The van der Waals surface area contributed by atoms with Crippen LogP contribution in [0.2, 0.25) is 0 Å². The third kappa shape index (κ3) is 3.56. The summed E-state index contributed by atoms with van der Waals surface area (Å²) in [5.74, 6) is -1.30. The molecule has 2 aromatic rings. The van der Waals surface area contributed by atoms with Gasteiger partial charge in [0.1, 0.15) is 11.6 Å². The SMILES string of the molecule is O=S([O-])c1ccc(Sc2ccc(S)c(F)c2)cc1F. The predicted molar refractivity (Wildman–Crippen MR) is 71.4 cm³/mol. The van der Waals surface area contributed by atoms with E-state index in [2.05, 4.69) is 12.6 Å². The van der Waals surface area contributed by atoms with E-state index in [1.807, 2.05) is 0 Å². The molecule has 2 nitrogen and oxygen atoms in total. The maximum absolute atomic E-state index is 13.5. The van der Waals surface area contributed by atoms with Crippen LogP contribution in [0.3, 0.4) is 0 Å². The van der Waals surface area contributed by atoms with Gasteiger partial charge in [-0.3, -0.25) is 4.21 Å². The van der Waals surface area contributed by atoms with Gasteiger partial charge in [-0.1, -0.05) is 11.8 Å². The standard InChI is InChI=1S/C12H8F2O2S3/c13-9-5-7(1-3-11(9)17)18-8-2-4-12(19(15)16)10(14)6-8/h1-6,17H,(H,15,16)/p-1.